The molecule has 2 heterocycles. The number of carbonyl (C=O) groups is 2. The first kappa shape index (κ1) is 21.0. The maximum absolute atomic E-state index is 12.9. The second-order valence-electron chi connectivity index (χ2n) is 7.35. The summed E-state index contributed by atoms with van der Waals surface area (Å²) >= 11 is 0. The minimum absolute atomic E-state index is 0.244. The quantitative estimate of drug-likeness (QED) is 0.485. The molecule has 4 aromatic rings. The molecular formula is C24H23N5O3. The Balaban J connectivity index is 1.44. The third-order valence-corrected chi connectivity index (χ3v) is 5.10. The highest BCUT2D eigenvalue weighted by molar-refractivity contribution is 6.06. The molecule has 0 radical (unpaired) electrons. The highest BCUT2D eigenvalue weighted by atomic mass is 16.5. The van der Waals surface area contributed by atoms with E-state index >= 15 is 0 Å². The lowest BCUT2D eigenvalue weighted by atomic mass is 10.2. The lowest BCUT2D eigenvalue weighted by molar-refractivity contribution is -0.118. The number of para-hydroxylation sites is 2. The van der Waals surface area contributed by atoms with Gasteiger partial charge in [0, 0.05) is 12.4 Å². The predicted octanol–water partition coefficient (Wildman–Crippen LogP) is 3.85. The topological polar surface area (TPSA) is 98.1 Å². The number of pyridine rings is 1. The van der Waals surface area contributed by atoms with Crippen LogP contribution in [-0.4, -0.2) is 33.2 Å². The number of hydrogen-bond acceptors (Lipinski definition) is 5. The Kier molecular flexibility index (Phi) is 5.85. The minimum Gasteiger partial charge on any atom is -0.483 e. The van der Waals surface area contributed by atoms with Crippen molar-refractivity contribution >= 4 is 34.2 Å². The fourth-order valence-corrected chi connectivity index (χ4v) is 3.37. The first-order chi connectivity index (χ1) is 15.4. The summed E-state index contributed by atoms with van der Waals surface area (Å²) in [4.78, 5) is 29.7. The largest absolute Gasteiger partial charge is 0.483 e. The van der Waals surface area contributed by atoms with Gasteiger partial charge in [0.05, 0.1) is 28.2 Å². The van der Waals surface area contributed by atoms with E-state index in [4.69, 9.17) is 4.74 Å². The molecule has 2 aromatic heterocycles. The number of anilines is 2. The van der Waals surface area contributed by atoms with E-state index < -0.39 is 0 Å². The average molecular weight is 429 g/mol. The number of aromatic nitrogens is 3. The van der Waals surface area contributed by atoms with Gasteiger partial charge in [-0.2, -0.15) is 5.10 Å². The number of nitrogens with one attached hydrogen (secondary N) is 2. The van der Waals surface area contributed by atoms with E-state index in [1.807, 2.05) is 51.2 Å². The summed E-state index contributed by atoms with van der Waals surface area (Å²) in [6, 6.07) is 18.1. The summed E-state index contributed by atoms with van der Waals surface area (Å²) in [6.45, 7) is 3.45. The van der Waals surface area contributed by atoms with Gasteiger partial charge in [0.15, 0.2) is 6.61 Å². The smallest absolute Gasteiger partial charge is 0.262 e. The lowest BCUT2D eigenvalue weighted by Gasteiger charge is -2.12. The molecule has 8 nitrogen and oxygen atoms in total. The first-order valence-corrected chi connectivity index (χ1v) is 10.1. The van der Waals surface area contributed by atoms with Gasteiger partial charge in [-0.3, -0.25) is 14.3 Å². The van der Waals surface area contributed by atoms with E-state index in [0.717, 1.165) is 22.3 Å². The van der Waals surface area contributed by atoms with Crippen LogP contribution in [0.5, 0.6) is 5.75 Å². The predicted molar refractivity (Wildman–Crippen MR) is 123 cm³/mol. The Morgan fingerprint density at radius 1 is 0.969 bits per heavy atom. The fraction of sp³-hybridized carbons (Fsp3) is 0.167. The zero-order valence-electron chi connectivity index (χ0n) is 18.0. The van der Waals surface area contributed by atoms with Crippen molar-refractivity contribution in [3.8, 4) is 5.75 Å². The molecular weight excluding hydrogens is 406 g/mol. The van der Waals surface area contributed by atoms with E-state index in [2.05, 4.69) is 20.7 Å². The molecule has 2 amide bonds. The van der Waals surface area contributed by atoms with Gasteiger partial charge in [-0.05, 0) is 44.2 Å². The van der Waals surface area contributed by atoms with E-state index in [1.54, 1.807) is 35.0 Å². The zero-order valence-corrected chi connectivity index (χ0v) is 18.0. The van der Waals surface area contributed by atoms with E-state index in [9.17, 15) is 9.59 Å². The van der Waals surface area contributed by atoms with Crippen LogP contribution in [0.2, 0.25) is 0 Å². The van der Waals surface area contributed by atoms with Crippen molar-refractivity contribution in [1.29, 1.82) is 0 Å². The number of aryl methyl sites for hydroxylation is 2. The van der Waals surface area contributed by atoms with Gasteiger partial charge in [-0.1, -0.05) is 30.3 Å². The van der Waals surface area contributed by atoms with Gasteiger partial charge in [0.25, 0.3) is 11.8 Å². The monoisotopic (exact) mass is 429 g/mol. The number of carbonyl (C=O) groups excluding carboxylic acids is 2. The van der Waals surface area contributed by atoms with Gasteiger partial charge in [-0.25, -0.2) is 4.98 Å². The number of amides is 2. The van der Waals surface area contributed by atoms with Crippen LogP contribution in [0.25, 0.3) is 10.9 Å². The Labute approximate surface area is 185 Å². The number of rotatable bonds is 6. The summed E-state index contributed by atoms with van der Waals surface area (Å²) in [5.41, 5.74) is 3.32. The van der Waals surface area contributed by atoms with Crippen molar-refractivity contribution in [2.75, 3.05) is 17.2 Å². The first-order valence-electron chi connectivity index (χ1n) is 10.1. The van der Waals surface area contributed by atoms with Crippen molar-refractivity contribution < 1.29 is 14.3 Å². The van der Waals surface area contributed by atoms with Crippen molar-refractivity contribution in [2.45, 2.75) is 13.8 Å². The number of ether oxygens (including phenoxy) is 1. The van der Waals surface area contributed by atoms with Crippen molar-refractivity contribution in [3.05, 3.63) is 77.6 Å². The maximum Gasteiger partial charge on any atom is 0.262 e. The Bertz CT molecular complexity index is 1310. The van der Waals surface area contributed by atoms with Crippen molar-refractivity contribution in [2.24, 2.45) is 7.05 Å². The molecule has 2 aromatic carbocycles. The number of fused-ring (bicyclic) bond motifs is 1. The normalized spacial score (nSPS) is 10.7. The summed E-state index contributed by atoms with van der Waals surface area (Å²) in [6.07, 6.45) is 0. The Hall–Kier alpha value is -4.20. The molecule has 162 valence electrons. The lowest BCUT2D eigenvalue weighted by Crippen LogP contribution is -2.22. The third kappa shape index (κ3) is 4.44. The van der Waals surface area contributed by atoms with Gasteiger partial charge < -0.3 is 15.4 Å². The third-order valence-electron chi connectivity index (χ3n) is 5.10. The van der Waals surface area contributed by atoms with E-state index in [0.29, 0.717) is 22.8 Å². The molecule has 0 bridgehead atoms. The molecule has 2 N–H and O–H groups in total. The standard InChI is InChI=1S/C24H23N5O3/c1-15-23(16(2)29(3)28-15)27-22(30)14-32-20-11-7-5-9-18(20)24(31)26-21-13-12-17-8-4-6-10-19(17)25-21/h4-13H,14H2,1-3H3,(H,27,30)(H,25,26,31). The molecule has 0 unspecified atom stereocenters. The van der Waals surface area contributed by atoms with Crippen LogP contribution >= 0.6 is 0 Å². The van der Waals surface area contributed by atoms with E-state index in [-0.39, 0.29) is 18.4 Å². The van der Waals surface area contributed by atoms with Gasteiger partial charge in [0.1, 0.15) is 11.6 Å². The second kappa shape index (κ2) is 8.89. The molecule has 0 aliphatic carbocycles. The molecule has 0 atom stereocenters. The second-order valence-corrected chi connectivity index (χ2v) is 7.35. The molecule has 0 aliphatic rings. The van der Waals surface area contributed by atoms with Gasteiger partial charge >= 0.3 is 0 Å². The zero-order chi connectivity index (χ0) is 22.7. The van der Waals surface area contributed by atoms with Crippen LogP contribution in [0.15, 0.2) is 60.7 Å². The highest BCUT2D eigenvalue weighted by Gasteiger charge is 2.16. The minimum atomic E-state index is -0.372. The molecule has 8 heteroatoms. The molecule has 32 heavy (non-hydrogen) atoms. The Morgan fingerprint density at radius 2 is 1.72 bits per heavy atom. The number of benzene rings is 2. The average Bonchev–Trinajstić information content (AvgIpc) is 3.03. The van der Waals surface area contributed by atoms with Crippen LogP contribution in [0, 0.1) is 13.8 Å². The molecule has 0 fully saturated rings. The highest BCUT2D eigenvalue weighted by Crippen LogP contribution is 2.22. The van der Waals surface area contributed by atoms with Crippen LogP contribution in [0.4, 0.5) is 11.5 Å². The number of hydrogen-bond donors (Lipinski definition) is 2. The van der Waals surface area contributed by atoms with Crippen LogP contribution < -0.4 is 15.4 Å². The molecule has 4 rings (SSSR count). The summed E-state index contributed by atoms with van der Waals surface area (Å²) < 4.78 is 7.37. The Morgan fingerprint density at radius 3 is 2.50 bits per heavy atom. The molecule has 0 saturated carbocycles. The molecule has 0 spiro atoms. The number of nitrogens with zero attached hydrogens (tertiary/aromatic N) is 3. The van der Waals surface area contributed by atoms with Crippen LogP contribution in [-0.2, 0) is 11.8 Å². The summed E-state index contributed by atoms with van der Waals surface area (Å²) in [5.74, 6) is 0.0303. The van der Waals surface area contributed by atoms with Crippen LogP contribution in [0.1, 0.15) is 21.7 Å². The SMILES string of the molecule is Cc1nn(C)c(C)c1NC(=O)COc1ccccc1C(=O)Nc1ccc2ccccc2n1. The van der Waals surface area contributed by atoms with Crippen LogP contribution in [0.3, 0.4) is 0 Å². The summed E-state index contributed by atoms with van der Waals surface area (Å²) in [7, 11) is 1.81. The maximum atomic E-state index is 12.9. The van der Waals surface area contributed by atoms with E-state index in [1.165, 1.54) is 0 Å². The fourth-order valence-electron chi connectivity index (χ4n) is 3.37. The molecule has 0 saturated heterocycles. The summed E-state index contributed by atoms with van der Waals surface area (Å²) in [5, 5.41) is 10.9. The van der Waals surface area contributed by atoms with Gasteiger partial charge in [-0.15, -0.1) is 0 Å². The molecule has 0 aliphatic heterocycles. The van der Waals surface area contributed by atoms with Crippen molar-refractivity contribution in [1.82, 2.24) is 14.8 Å². The van der Waals surface area contributed by atoms with Gasteiger partial charge in [0.2, 0.25) is 0 Å². The van der Waals surface area contributed by atoms with Crippen molar-refractivity contribution in [3.63, 3.8) is 0 Å².